The minimum absolute atomic E-state index is 0.435. The smallest absolute Gasteiger partial charge is 0.0717 e. The summed E-state index contributed by atoms with van der Waals surface area (Å²) in [5, 5.41) is 3.64. The van der Waals surface area contributed by atoms with Gasteiger partial charge in [-0.1, -0.05) is 13.3 Å². The molecular formula is C13H19BrN2. The molecule has 16 heavy (non-hydrogen) atoms. The van der Waals surface area contributed by atoms with Crippen LogP contribution in [-0.4, -0.2) is 11.5 Å². The molecule has 1 heterocycles. The summed E-state index contributed by atoms with van der Waals surface area (Å²) in [5.74, 6) is 0.776. The second-order valence-electron chi connectivity index (χ2n) is 4.49. The van der Waals surface area contributed by atoms with Gasteiger partial charge in [0.25, 0.3) is 0 Å². The molecule has 1 atom stereocenters. The zero-order chi connectivity index (χ0) is 11.4. The molecule has 0 saturated heterocycles. The molecule has 0 aliphatic heterocycles. The Labute approximate surface area is 106 Å². The molecule has 0 amide bonds. The molecule has 1 fully saturated rings. The summed E-state index contributed by atoms with van der Waals surface area (Å²) in [6.45, 7) is 3.28. The van der Waals surface area contributed by atoms with Crippen LogP contribution in [0.3, 0.4) is 0 Å². The summed E-state index contributed by atoms with van der Waals surface area (Å²) in [4.78, 5) is 4.53. The topological polar surface area (TPSA) is 24.9 Å². The van der Waals surface area contributed by atoms with E-state index in [0.29, 0.717) is 6.04 Å². The van der Waals surface area contributed by atoms with Crippen molar-refractivity contribution in [2.75, 3.05) is 6.54 Å². The zero-order valence-electron chi connectivity index (χ0n) is 9.75. The number of halogens is 1. The Hall–Kier alpha value is -0.410. The van der Waals surface area contributed by atoms with E-state index in [0.717, 1.165) is 16.9 Å². The number of pyridine rings is 1. The van der Waals surface area contributed by atoms with Gasteiger partial charge >= 0.3 is 0 Å². The van der Waals surface area contributed by atoms with Crippen molar-refractivity contribution in [3.05, 3.63) is 28.5 Å². The highest BCUT2D eigenvalue weighted by Crippen LogP contribution is 2.38. The van der Waals surface area contributed by atoms with Crippen molar-refractivity contribution in [3.63, 3.8) is 0 Å². The fourth-order valence-corrected chi connectivity index (χ4v) is 2.69. The van der Waals surface area contributed by atoms with Crippen LogP contribution in [0.25, 0.3) is 0 Å². The molecular weight excluding hydrogens is 264 g/mol. The first-order valence-electron chi connectivity index (χ1n) is 6.16. The maximum absolute atomic E-state index is 4.53. The van der Waals surface area contributed by atoms with Gasteiger partial charge in [0.05, 0.1) is 11.7 Å². The summed E-state index contributed by atoms with van der Waals surface area (Å²) < 4.78 is 1.13. The third-order valence-electron chi connectivity index (χ3n) is 3.32. The zero-order valence-corrected chi connectivity index (χ0v) is 11.3. The van der Waals surface area contributed by atoms with E-state index < -0.39 is 0 Å². The molecule has 1 unspecified atom stereocenters. The quantitative estimate of drug-likeness (QED) is 0.891. The maximum Gasteiger partial charge on any atom is 0.0717 e. The van der Waals surface area contributed by atoms with Crippen molar-refractivity contribution in [1.82, 2.24) is 10.3 Å². The molecule has 2 nitrogen and oxygen atoms in total. The highest BCUT2D eigenvalue weighted by molar-refractivity contribution is 9.10. The Bertz CT molecular complexity index is 336. The van der Waals surface area contributed by atoms with Gasteiger partial charge in [0.1, 0.15) is 0 Å². The van der Waals surface area contributed by atoms with E-state index in [-0.39, 0.29) is 0 Å². The minimum Gasteiger partial charge on any atom is -0.308 e. The van der Waals surface area contributed by atoms with Crippen molar-refractivity contribution in [3.8, 4) is 0 Å². The minimum atomic E-state index is 0.435. The largest absolute Gasteiger partial charge is 0.308 e. The number of hydrogen-bond donors (Lipinski definition) is 1. The summed E-state index contributed by atoms with van der Waals surface area (Å²) in [7, 11) is 0. The van der Waals surface area contributed by atoms with Crippen LogP contribution in [0.1, 0.15) is 44.3 Å². The van der Waals surface area contributed by atoms with E-state index in [2.05, 4.69) is 39.2 Å². The Morgan fingerprint density at radius 1 is 1.56 bits per heavy atom. The molecule has 0 aromatic carbocycles. The summed E-state index contributed by atoms with van der Waals surface area (Å²) in [5.41, 5.74) is 1.18. The lowest BCUT2D eigenvalue weighted by Gasteiger charge is -2.34. The lowest BCUT2D eigenvalue weighted by Crippen LogP contribution is -2.33. The van der Waals surface area contributed by atoms with Crippen LogP contribution >= 0.6 is 15.9 Å². The SMILES string of the molecule is CCCNC(c1ncccc1Br)C1CCC1. The van der Waals surface area contributed by atoms with Crippen LogP contribution in [-0.2, 0) is 0 Å². The molecule has 1 aromatic heterocycles. The van der Waals surface area contributed by atoms with E-state index in [9.17, 15) is 0 Å². The predicted octanol–water partition coefficient (Wildman–Crippen LogP) is 3.68. The standard InChI is InChI=1S/C13H19BrN2/c1-2-8-15-12(10-5-3-6-10)13-11(14)7-4-9-16-13/h4,7,9-10,12,15H,2-3,5-6,8H2,1H3. The molecule has 1 N–H and O–H groups in total. The number of nitrogens with one attached hydrogen (secondary N) is 1. The average molecular weight is 283 g/mol. The number of aromatic nitrogens is 1. The Kier molecular flexibility index (Phi) is 4.36. The van der Waals surface area contributed by atoms with Crippen LogP contribution in [0.2, 0.25) is 0 Å². The third-order valence-corrected chi connectivity index (χ3v) is 3.99. The second-order valence-corrected chi connectivity index (χ2v) is 5.35. The molecule has 1 saturated carbocycles. The molecule has 3 heteroatoms. The Morgan fingerprint density at radius 2 is 2.38 bits per heavy atom. The first-order chi connectivity index (χ1) is 7.83. The fraction of sp³-hybridized carbons (Fsp3) is 0.615. The van der Waals surface area contributed by atoms with Crippen molar-refractivity contribution >= 4 is 15.9 Å². The number of nitrogens with zero attached hydrogens (tertiary/aromatic N) is 1. The van der Waals surface area contributed by atoms with Crippen LogP contribution in [0.15, 0.2) is 22.8 Å². The van der Waals surface area contributed by atoms with Crippen molar-refractivity contribution in [2.24, 2.45) is 5.92 Å². The Balaban J connectivity index is 2.13. The van der Waals surface area contributed by atoms with Crippen molar-refractivity contribution in [1.29, 1.82) is 0 Å². The van der Waals surface area contributed by atoms with E-state index in [1.165, 1.54) is 31.4 Å². The van der Waals surface area contributed by atoms with Gasteiger partial charge in [-0.2, -0.15) is 0 Å². The average Bonchev–Trinajstić information content (AvgIpc) is 2.22. The maximum atomic E-state index is 4.53. The van der Waals surface area contributed by atoms with Gasteiger partial charge in [-0.25, -0.2) is 0 Å². The lowest BCUT2D eigenvalue weighted by molar-refractivity contribution is 0.227. The van der Waals surface area contributed by atoms with Crippen molar-refractivity contribution < 1.29 is 0 Å². The number of rotatable bonds is 5. The molecule has 2 rings (SSSR count). The third kappa shape index (κ3) is 2.64. The first kappa shape index (κ1) is 12.1. The summed E-state index contributed by atoms with van der Waals surface area (Å²) >= 11 is 3.61. The Morgan fingerprint density at radius 3 is 2.94 bits per heavy atom. The monoisotopic (exact) mass is 282 g/mol. The molecule has 1 aliphatic rings. The summed E-state index contributed by atoms with van der Waals surface area (Å²) in [6.07, 6.45) is 7.11. The number of hydrogen-bond acceptors (Lipinski definition) is 2. The second kappa shape index (κ2) is 5.78. The molecule has 0 spiro atoms. The van der Waals surface area contributed by atoms with Gasteiger partial charge in [-0.15, -0.1) is 0 Å². The van der Waals surface area contributed by atoms with E-state index in [1.54, 1.807) is 0 Å². The molecule has 1 aromatic rings. The fourth-order valence-electron chi connectivity index (χ4n) is 2.19. The van der Waals surface area contributed by atoms with Gasteiger partial charge in [0, 0.05) is 10.7 Å². The highest BCUT2D eigenvalue weighted by atomic mass is 79.9. The molecule has 0 radical (unpaired) electrons. The van der Waals surface area contributed by atoms with E-state index in [4.69, 9.17) is 0 Å². The molecule has 88 valence electrons. The predicted molar refractivity (Wildman–Crippen MR) is 70.3 cm³/mol. The van der Waals surface area contributed by atoms with E-state index >= 15 is 0 Å². The van der Waals surface area contributed by atoms with Crippen LogP contribution in [0, 0.1) is 5.92 Å². The van der Waals surface area contributed by atoms with Crippen molar-refractivity contribution in [2.45, 2.75) is 38.6 Å². The van der Waals surface area contributed by atoms with Crippen LogP contribution in [0.5, 0.6) is 0 Å². The van der Waals surface area contributed by atoms with Gasteiger partial charge in [-0.3, -0.25) is 4.98 Å². The van der Waals surface area contributed by atoms with Crippen LogP contribution < -0.4 is 5.32 Å². The summed E-state index contributed by atoms with van der Waals surface area (Å²) in [6, 6.07) is 4.50. The normalized spacial score (nSPS) is 18.1. The van der Waals surface area contributed by atoms with Crippen LogP contribution in [0.4, 0.5) is 0 Å². The van der Waals surface area contributed by atoms with Gasteiger partial charge in [0.15, 0.2) is 0 Å². The van der Waals surface area contributed by atoms with Gasteiger partial charge in [0.2, 0.25) is 0 Å². The molecule has 1 aliphatic carbocycles. The van der Waals surface area contributed by atoms with Gasteiger partial charge in [-0.05, 0) is 59.8 Å². The first-order valence-corrected chi connectivity index (χ1v) is 6.96. The van der Waals surface area contributed by atoms with E-state index in [1.807, 2.05) is 12.3 Å². The lowest BCUT2D eigenvalue weighted by atomic mass is 9.78. The van der Waals surface area contributed by atoms with Gasteiger partial charge < -0.3 is 5.32 Å². The highest BCUT2D eigenvalue weighted by Gasteiger charge is 2.29. The molecule has 0 bridgehead atoms.